The smallest absolute Gasteiger partial charge is 0.167 e. The Bertz CT molecular complexity index is 312. The van der Waals surface area contributed by atoms with Gasteiger partial charge in [-0.15, -0.1) is 0 Å². The maximum absolute atomic E-state index is 13.2. The van der Waals surface area contributed by atoms with Gasteiger partial charge in [-0.05, 0) is 30.9 Å². The van der Waals surface area contributed by atoms with Gasteiger partial charge in [-0.1, -0.05) is 13.8 Å². The van der Waals surface area contributed by atoms with Crippen LogP contribution in [0.2, 0.25) is 0 Å². The third-order valence-electron chi connectivity index (χ3n) is 2.14. The standard InChI is InChI=1S/C12H18FNO/c1-9(2)4-3-7-15-12-6-5-10(14)8-11(12)13/h5-6,8-9H,3-4,7,14H2,1-2H3. The van der Waals surface area contributed by atoms with E-state index < -0.39 is 0 Å². The lowest BCUT2D eigenvalue weighted by atomic mass is 10.1. The number of benzene rings is 1. The number of hydrogen-bond acceptors (Lipinski definition) is 2. The molecule has 0 radical (unpaired) electrons. The largest absolute Gasteiger partial charge is 0.491 e. The van der Waals surface area contributed by atoms with Gasteiger partial charge in [0.2, 0.25) is 0 Å². The van der Waals surface area contributed by atoms with Gasteiger partial charge in [0.1, 0.15) is 0 Å². The van der Waals surface area contributed by atoms with Crippen LogP contribution >= 0.6 is 0 Å². The first-order chi connectivity index (χ1) is 7.09. The topological polar surface area (TPSA) is 35.2 Å². The fourth-order valence-corrected chi connectivity index (χ4v) is 1.31. The second kappa shape index (κ2) is 5.59. The molecule has 2 nitrogen and oxygen atoms in total. The maximum atomic E-state index is 13.2. The lowest BCUT2D eigenvalue weighted by Crippen LogP contribution is -2.01. The molecule has 1 aromatic rings. The van der Waals surface area contributed by atoms with Crippen molar-refractivity contribution in [3.8, 4) is 5.75 Å². The summed E-state index contributed by atoms with van der Waals surface area (Å²) in [4.78, 5) is 0. The van der Waals surface area contributed by atoms with Crippen LogP contribution < -0.4 is 10.5 Å². The third kappa shape index (κ3) is 4.19. The molecular formula is C12H18FNO. The van der Waals surface area contributed by atoms with Gasteiger partial charge in [-0.2, -0.15) is 0 Å². The Morgan fingerprint density at radius 1 is 1.40 bits per heavy atom. The summed E-state index contributed by atoms with van der Waals surface area (Å²) < 4.78 is 18.5. The van der Waals surface area contributed by atoms with Gasteiger partial charge in [0, 0.05) is 11.8 Å². The van der Waals surface area contributed by atoms with Gasteiger partial charge in [-0.3, -0.25) is 0 Å². The molecule has 0 heterocycles. The van der Waals surface area contributed by atoms with E-state index in [0.717, 1.165) is 12.8 Å². The monoisotopic (exact) mass is 211 g/mol. The van der Waals surface area contributed by atoms with Crippen LogP contribution in [0.15, 0.2) is 18.2 Å². The average molecular weight is 211 g/mol. The summed E-state index contributed by atoms with van der Waals surface area (Å²) in [6, 6.07) is 4.48. The molecule has 15 heavy (non-hydrogen) atoms. The molecule has 0 spiro atoms. The van der Waals surface area contributed by atoms with E-state index in [9.17, 15) is 4.39 Å². The van der Waals surface area contributed by atoms with Gasteiger partial charge in [-0.25, -0.2) is 4.39 Å². The molecule has 0 aliphatic heterocycles. The molecule has 0 aliphatic carbocycles. The SMILES string of the molecule is CC(C)CCCOc1ccc(N)cc1F. The van der Waals surface area contributed by atoms with Crippen LogP contribution in [-0.4, -0.2) is 6.61 Å². The molecule has 1 rings (SSSR count). The predicted molar refractivity (Wildman–Crippen MR) is 60.4 cm³/mol. The molecule has 0 saturated heterocycles. The maximum Gasteiger partial charge on any atom is 0.167 e. The van der Waals surface area contributed by atoms with Gasteiger partial charge in [0.15, 0.2) is 11.6 Å². The van der Waals surface area contributed by atoms with Crippen LogP contribution in [-0.2, 0) is 0 Å². The first kappa shape index (κ1) is 11.8. The van der Waals surface area contributed by atoms with E-state index >= 15 is 0 Å². The number of nitrogens with two attached hydrogens (primary N) is 1. The van der Waals surface area contributed by atoms with Crippen LogP contribution in [0, 0.1) is 11.7 Å². The van der Waals surface area contributed by atoms with E-state index in [2.05, 4.69) is 13.8 Å². The fourth-order valence-electron chi connectivity index (χ4n) is 1.31. The van der Waals surface area contributed by atoms with Crippen LogP contribution in [0.25, 0.3) is 0 Å². The van der Waals surface area contributed by atoms with Crippen molar-refractivity contribution >= 4 is 5.69 Å². The Kier molecular flexibility index (Phi) is 4.40. The number of rotatable bonds is 5. The van der Waals surface area contributed by atoms with E-state index in [1.165, 1.54) is 6.07 Å². The van der Waals surface area contributed by atoms with E-state index in [-0.39, 0.29) is 11.6 Å². The predicted octanol–water partition coefficient (Wildman–Crippen LogP) is 3.22. The molecule has 2 N–H and O–H groups in total. The molecule has 1 aromatic carbocycles. The molecule has 0 unspecified atom stereocenters. The van der Waals surface area contributed by atoms with Crippen LogP contribution in [0.3, 0.4) is 0 Å². The zero-order chi connectivity index (χ0) is 11.3. The van der Waals surface area contributed by atoms with Crippen molar-refractivity contribution in [3.63, 3.8) is 0 Å². The Hall–Kier alpha value is -1.25. The zero-order valence-electron chi connectivity index (χ0n) is 9.29. The molecule has 84 valence electrons. The first-order valence-corrected chi connectivity index (χ1v) is 5.27. The van der Waals surface area contributed by atoms with Crippen molar-refractivity contribution in [3.05, 3.63) is 24.0 Å². The van der Waals surface area contributed by atoms with Gasteiger partial charge in [0.05, 0.1) is 6.61 Å². The Labute approximate surface area is 90.2 Å². The normalized spacial score (nSPS) is 10.7. The molecule has 0 aromatic heterocycles. The summed E-state index contributed by atoms with van der Waals surface area (Å²) in [5.41, 5.74) is 5.85. The molecule has 0 fully saturated rings. The Morgan fingerprint density at radius 3 is 2.73 bits per heavy atom. The van der Waals surface area contributed by atoms with Gasteiger partial charge in [0.25, 0.3) is 0 Å². The highest BCUT2D eigenvalue weighted by Gasteiger charge is 2.03. The molecular weight excluding hydrogens is 193 g/mol. The Balaban J connectivity index is 2.37. The molecule has 0 atom stereocenters. The molecule has 3 heteroatoms. The van der Waals surface area contributed by atoms with Crippen molar-refractivity contribution in [2.75, 3.05) is 12.3 Å². The number of hydrogen-bond donors (Lipinski definition) is 1. The molecule has 0 amide bonds. The number of halogens is 1. The van der Waals surface area contributed by atoms with Crippen LogP contribution in [0.4, 0.5) is 10.1 Å². The average Bonchev–Trinajstić information content (AvgIpc) is 2.14. The van der Waals surface area contributed by atoms with Crippen LogP contribution in [0.1, 0.15) is 26.7 Å². The molecule has 0 bridgehead atoms. The Morgan fingerprint density at radius 2 is 2.13 bits per heavy atom. The minimum Gasteiger partial charge on any atom is -0.491 e. The lowest BCUT2D eigenvalue weighted by Gasteiger charge is -2.08. The summed E-state index contributed by atoms with van der Waals surface area (Å²) in [6.45, 7) is 4.87. The van der Waals surface area contributed by atoms with Crippen molar-refractivity contribution in [2.45, 2.75) is 26.7 Å². The van der Waals surface area contributed by atoms with Crippen LogP contribution in [0.5, 0.6) is 5.75 Å². The summed E-state index contributed by atoms with van der Waals surface area (Å²) in [5, 5.41) is 0. The fraction of sp³-hybridized carbons (Fsp3) is 0.500. The lowest BCUT2D eigenvalue weighted by molar-refractivity contribution is 0.284. The highest BCUT2D eigenvalue weighted by molar-refractivity contribution is 5.42. The van der Waals surface area contributed by atoms with Crippen molar-refractivity contribution in [2.24, 2.45) is 5.92 Å². The number of anilines is 1. The summed E-state index contributed by atoms with van der Waals surface area (Å²) in [6.07, 6.45) is 2.04. The van der Waals surface area contributed by atoms with E-state index in [1.54, 1.807) is 12.1 Å². The number of ether oxygens (including phenoxy) is 1. The van der Waals surface area contributed by atoms with E-state index in [0.29, 0.717) is 18.2 Å². The molecule has 0 aliphatic rings. The third-order valence-corrected chi connectivity index (χ3v) is 2.14. The van der Waals surface area contributed by atoms with Crippen molar-refractivity contribution in [1.29, 1.82) is 0 Å². The van der Waals surface area contributed by atoms with E-state index in [4.69, 9.17) is 10.5 Å². The zero-order valence-corrected chi connectivity index (χ0v) is 9.29. The summed E-state index contributed by atoms with van der Waals surface area (Å²) >= 11 is 0. The summed E-state index contributed by atoms with van der Waals surface area (Å²) in [5.74, 6) is 0.553. The minimum absolute atomic E-state index is 0.285. The summed E-state index contributed by atoms with van der Waals surface area (Å²) in [7, 11) is 0. The van der Waals surface area contributed by atoms with Gasteiger partial charge >= 0.3 is 0 Å². The van der Waals surface area contributed by atoms with Gasteiger partial charge < -0.3 is 10.5 Å². The number of nitrogen functional groups attached to an aromatic ring is 1. The van der Waals surface area contributed by atoms with E-state index in [1.807, 2.05) is 0 Å². The van der Waals surface area contributed by atoms with Crippen molar-refractivity contribution in [1.82, 2.24) is 0 Å². The second-order valence-corrected chi connectivity index (χ2v) is 4.07. The highest BCUT2D eigenvalue weighted by atomic mass is 19.1. The quantitative estimate of drug-likeness (QED) is 0.599. The minimum atomic E-state index is -0.389. The highest BCUT2D eigenvalue weighted by Crippen LogP contribution is 2.19. The van der Waals surface area contributed by atoms with Crippen molar-refractivity contribution < 1.29 is 9.13 Å². The second-order valence-electron chi connectivity index (χ2n) is 4.07. The first-order valence-electron chi connectivity index (χ1n) is 5.27. The molecule has 0 saturated carbocycles.